The van der Waals surface area contributed by atoms with Crippen LogP contribution in [0.5, 0.6) is 0 Å². The summed E-state index contributed by atoms with van der Waals surface area (Å²) in [5.41, 5.74) is 7.98. The monoisotopic (exact) mass is 440 g/mol. The van der Waals surface area contributed by atoms with Crippen molar-refractivity contribution in [2.24, 2.45) is 5.92 Å². The number of aryl methyl sites for hydroxylation is 1. The van der Waals surface area contributed by atoms with Crippen molar-refractivity contribution < 1.29 is 14.0 Å². The van der Waals surface area contributed by atoms with Crippen LogP contribution in [0.15, 0.2) is 36.7 Å². The molecule has 0 aliphatic heterocycles. The molecule has 0 aliphatic carbocycles. The van der Waals surface area contributed by atoms with E-state index >= 15 is 0 Å². The molecule has 3 aromatic heterocycles. The summed E-state index contributed by atoms with van der Waals surface area (Å²) in [6.45, 7) is 5.47. The van der Waals surface area contributed by atoms with Gasteiger partial charge in [-0.1, -0.05) is 26.8 Å². The Morgan fingerprint density at radius 1 is 1.22 bits per heavy atom. The van der Waals surface area contributed by atoms with Gasteiger partial charge in [-0.3, -0.25) is 14.0 Å². The number of alkyl halides is 1. The van der Waals surface area contributed by atoms with Crippen molar-refractivity contribution in [1.82, 2.24) is 25.0 Å². The topological polar surface area (TPSA) is 114 Å². The summed E-state index contributed by atoms with van der Waals surface area (Å²) in [5, 5.41) is 5.62. The SMILES string of the molecule is CCc1nc2c(C(=O)NCc3ccc(N)nc3)cccn2c1C(=O)N[C@H](CF)CC(C)C. The third-order valence-corrected chi connectivity index (χ3v) is 5.09. The van der Waals surface area contributed by atoms with E-state index in [0.29, 0.717) is 41.3 Å². The Morgan fingerprint density at radius 2 is 2.00 bits per heavy atom. The normalized spacial score (nSPS) is 12.2. The Hall–Kier alpha value is -3.49. The molecule has 3 rings (SSSR count). The molecule has 0 saturated heterocycles. The van der Waals surface area contributed by atoms with Crippen LogP contribution < -0.4 is 16.4 Å². The molecule has 2 amide bonds. The fourth-order valence-electron chi connectivity index (χ4n) is 3.58. The zero-order valence-electron chi connectivity index (χ0n) is 18.6. The summed E-state index contributed by atoms with van der Waals surface area (Å²) in [6.07, 6.45) is 4.31. The van der Waals surface area contributed by atoms with Gasteiger partial charge in [-0.2, -0.15) is 0 Å². The van der Waals surface area contributed by atoms with Crippen LogP contribution in [0.3, 0.4) is 0 Å². The Kier molecular flexibility index (Phi) is 7.40. The lowest BCUT2D eigenvalue weighted by molar-refractivity contribution is 0.0914. The molecule has 0 bridgehead atoms. The fourth-order valence-corrected chi connectivity index (χ4v) is 3.58. The first-order chi connectivity index (χ1) is 15.3. The Morgan fingerprint density at radius 3 is 2.62 bits per heavy atom. The van der Waals surface area contributed by atoms with Gasteiger partial charge in [-0.25, -0.2) is 14.4 Å². The second-order valence-electron chi connectivity index (χ2n) is 8.10. The minimum Gasteiger partial charge on any atom is -0.384 e. The van der Waals surface area contributed by atoms with E-state index in [1.165, 1.54) is 0 Å². The van der Waals surface area contributed by atoms with Gasteiger partial charge in [-0.15, -0.1) is 0 Å². The van der Waals surface area contributed by atoms with Gasteiger partial charge in [0.1, 0.15) is 18.2 Å². The van der Waals surface area contributed by atoms with Crippen LogP contribution >= 0.6 is 0 Å². The largest absolute Gasteiger partial charge is 0.384 e. The van der Waals surface area contributed by atoms with Crippen LogP contribution in [0.2, 0.25) is 0 Å². The maximum Gasteiger partial charge on any atom is 0.270 e. The summed E-state index contributed by atoms with van der Waals surface area (Å²) in [7, 11) is 0. The predicted octanol–water partition coefficient (Wildman–Crippen LogP) is 2.92. The van der Waals surface area contributed by atoms with E-state index in [1.807, 2.05) is 20.8 Å². The lowest BCUT2D eigenvalue weighted by Crippen LogP contribution is -2.38. The lowest BCUT2D eigenvalue weighted by atomic mass is 10.0. The molecule has 32 heavy (non-hydrogen) atoms. The van der Waals surface area contributed by atoms with E-state index in [4.69, 9.17) is 5.73 Å². The van der Waals surface area contributed by atoms with Crippen LogP contribution in [0.1, 0.15) is 59.3 Å². The highest BCUT2D eigenvalue weighted by molar-refractivity contribution is 6.01. The van der Waals surface area contributed by atoms with E-state index in [2.05, 4.69) is 20.6 Å². The van der Waals surface area contributed by atoms with Gasteiger partial charge in [0.25, 0.3) is 11.8 Å². The summed E-state index contributed by atoms with van der Waals surface area (Å²) in [6, 6.07) is 6.22. The van der Waals surface area contributed by atoms with Crippen LogP contribution in [-0.2, 0) is 13.0 Å². The van der Waals surface area contributed by atoms with Gasteiger partial charge in [0.15, 0.2) is 5.65 Å². The minimum absolute atomic E-state index is 0.246. The number of nitrogens with zero attached hydrogens (tertiary/aromatic N) is 3. The van der Waals surface area contributed by atoms with Crippen molar-refractivity contribution in [3.8, 4) is 0 Å². The molecule has 0 radical (unpaired) electrons. The van der Waals surface area contributed by atoms with Crippen molar-refractivity contribution in [3.05, 3.63) is 59.2 Å². The Bertz CT molecular complexity index is 1090. The number of anilines is 1. The molecule has 0 unspecified atom stereocenters. The fraction of sp³-hybridized carbons (Fsp3) is 0.391. The number of carbonyl (C=O) groups is 2. The maximum absolute atomic E-state index is 13.4. The van der Waals surface area contributed by atoms with Gasteiger partial charge in [0.2, 0.25) is 0 Å². The highest BCUT2D eigenvalue weighted by Gasteiger charge is 2.24. The third kappa shape index (κ3) is 5.22. The molecular weight excluding hydrogens is 411 g/mol. The second kappa shape index (κ2) is 10.2. The van der Waals surface area contributed by atoms with Gasteiger partial charge in [-0.05, 0) is 42.5 Å². The zero-order chi connectivity index (χ0) is 23.3. The molecule has 0 aromatic carbocycles. The number of halogens is 1. The number of pyridine rings is 2. The predicted molar refractivity (Wildman–Crippen MR) is 121 cm³/mol. The molecule has 1 atom stereocenters. The van der Waals surface area contributed by atoms with Gasteiger partial charge in [0, 0.05) is 18.9 Å². The first kappa shape index (κ1) is 23.2. The van der Waals surface area contributed by atoms with Crippen molar-refractivity contribution in [2.45, 2.75) is 46.2 Å². The summed E-state index contributed by atoms with van der Waals surface area (Å²) in [4.78, 5) is 34.4. The van der Waals surface area contributed by atoms with E-state index in [9.17, 15) is 14.0 Å². The van der Waals surface area contributed by atoms with Crippen LogP contribution in [0.25, 0.3) is 5.65 Å². The molecule has 170 valence electrons. The number of aromatic nitrogens is 3. The van der Waals surface area contributed by atoms with Crippen LogP contribution in [-0.4, -0.2) is 38.9 Å². The molecule has 0 fully saturated rings. The van der Waals surface area contributed by atoms with E-state index in [-0.39, 0.29) is 18.4 Å². The summed E-state index contributed by atoms with van der Waals surface area (Å²) < 4.78 is 15.0. The molecule has 9 heteroatoms. The van der Waals surface area contributed by atoms with Crippen molar-refractivity contribution in [3.63, 3.8) is 0 Å². The molecular formula is C23H29FN6O2. The molecule has 0 saturated carbocycles. The zero-order valence-corrected chi connectivity index (χ0v) is 18.6. The van der Waals surface area contributed by atoms with Crippen LogP contribution in [0, 0.1) is 5.92 Å². The lowest BCUT2D eigenvalue weighted by Gasteiger charge is -2.17. The maximum atomic E-state index is 13.4. The highest BCUT2D eigenvalue weighted by atomic mass is 19.1. The van der Waals surface area contributed by atoms with Gasteiger partial charge < -0.3 is 16.4 Å². The van der Waals surface area contributed by atoms with Gasteiger partial charge in [0.05, 0.1) is 17.3 Å². The number of hydrogen-bond donors (Lipinski definition) is 3. The number of carbonyl (C=O) groups excluding carboxylic acids is 2. The van der Waals surface area contributed by atoms with Crippen molar-refractivity contribution in [2.75, 3.05) is 12.4 Å². The average molecular weight is 441 g/mol. The number of nitrogens with two attached hydrogens (primary N) is 1. The van der Waals surface area contributed by atoms with Crippen molar-refractivity contribution >= 4 is 23.3 Å². The first-order valence-corrected chi connectivity index (χ1v) is 10.7. The number of amides is 2. The van der Waals surface area contributed by atoms with E-state index in [0.717, 1.165) is 5.56 Å². The molecule has 0 spiro atoms. The number of nitrogen functional groups attached to an aromatic ring is 1. The Balaban J connectivity index is 1.87. The average Bonchev–Trinajstić information content (AvgIpc) is 3.16. The number of rotatable bonds is 9. The molecule has 3 aromatic rings. The summed E-state index contributed by atoms with van der Waals surface area (Å²) >= 11 is 0. The summed E-state index contributed by atoms with van der Waals surface area (Å²) in [5.74, 6) is -0.0735. The first-order valence-electron chi connectivity index (χ1n) is 10.7. The van der Waals surface area contributed by atoms with E-state index < -0.39 is 18.6 Å². The van der Waals surface area contributed by atoms with E-state index in [1.54, 1.807) is 41.1 Å². The Labute approximate surface area is 186 Å². The molecule has 8 nitrogen and oxygen atoms in total. The molecule has 0 aliphatic rings. The quantitative estimate of drug-likeness (QED) is 0.473. The van der Waals surface area contributed by atoms with Crippen molar-refractivity contribution in [1.29, 1.82) is 0 Å². The minimum atomic E-state index is -0.643. The highest BCUT2D eigenvalue weighted by Crippen LogP contribution is 2.18. The van der Waals surface area contributed by atoms with Crippen LogP contribution in [0.4, 0.5) is 10.2 Å². The van der Waals surface area contributed by atoms with Gasteiger partial charge >= 0.3 is 0 Å². The standard InChI is InChI=1S/C23H29FN6O2/c1-4-18-20(23(32)28-16(11-24)10-14(2)3)30-9-5-6-17(21(30)29-18)22(31)27-13-15-7-8-19(25)26-12-15/h5-9,12,14,16H,4,10-11,13H2,1-3H3,(H2,25,26)(H,27,31)(H,28,32)/t16-/m0/s1. The number of imidazole rings is 1. The smallest absolute Gasteiger partial charge is 0.270 e. The third-order valence-electron chi connectivity index (χ3n) is 5.09. The number of nitrogens with one attached hydrogen (secondary N) is 2. The molecule has 3 heterocycles. The number of hydrogen-bond acceptors (Lipinski definition) is 5. The number of fused-ring (bicyclic) bond motifs is 1. The molecule has 4 N–H and O–H groups in total. The second-order valence-corrected chi connectivity index (χ2v) is 8.10.